The number of hydrogen-bond acceptors (Lipinski definition) is 3. The summed E-state index contributed by atoms with van der Waals surface area (Å²) in [5, 5.41) is 5.76. The lowest BCUT2D eigenvalue weighted by Gasteiger charge is -2.15. The molecule has 0 aliphatic heterocycles. The maximum Gasteiger partial charge on any atom is 0.251 e. The number of thioether (sulfide) groups is 1. The third kappa shape index (κ3) is 6.43. The number of hydrogen-bond donors (Lipinski definition) is 2. The molecule has 0 aliphatic carbocycles. The molecule has 4 nitrogen and oxygen atoms in total. The molecule has 0 unspecified atom stereocenters. The van der Waals surface area contributed by atoms with Crippen molar-refractivity contribution >= 4 is 29.3 Å². The Bertz CT molecular complexity index is 777. The molecule has 144 valence electrons. The van der Waals surface area contributed by atoms with Crippen molar-refractivity contribution in [3.63, 3.8) is 0 Å². The van der Waals surface area contributed by atoms with Crippen LogP contribution in [0.3, 0.4) is 0 Å². The van der Waals surface area contributed by atoms with Crippen molar-refractivity contribution in [3.05, 3.63) is 65.2 Å². The van der Waals surface area contributed by atoms with Gasteiger partial charge in [0.15, 0.2) is 0 Å². The SMILES string of the molecule is CC[C@H](C)NC(=O)c1ccc(NC(=O)[C@@H](C)SCc2ccccc2)c(C)c1. The van der Waals surface area contributed by atoms with Gasteiger partial charge in [-0.05, 0) is 56.5 Å². The van der Waals surface area contributed by atoms with Crippen LogP contribution in [-0.4, -0.2) is 23.1 Å². The Morgan fingerprint density at radius 3 is 2.41 bits per heavy atom. The Labute approximate surface area is 166 Å². The van der Waals surface area contributed by atoms with E-state index in [0.29, 0.717) is 5.56 Å². The Balaban J connectivity index is 1.93. The molecule has 2 aromatic carbocycles. The fraction of sp³-hybridized carbons (Fsp3) is 0.364. The van der Waals surface area contributed by atoms with Crippen LogP contribution in [0.25, 0.3) is 0 Å². The topological polar surface area (TPSA) is 58.2 Å². The molecule has 0 saturated carbocycles. The molecular weight excluding hydrogens is 356 g/mol. The van der Waals surface area contributed by atoms with Gasteiger partial charge in [-0.25, -0.2) is 0 Å². The van der Waals surface area contributed by atoms with Gasteiger partial charge in [0, 0.05) is 23.0 Å². The number of rotatable bonds is 8. The van der Waals surface area contributed by atoms with E-state index in [1.54, 1.807) is 23.9 Å². The summed E-state index contributed by atoms with van der Waals surface area (Å²) in [7, 11) is 0. The zero-order valence-corrected chi connectivity index (χ0v) is 17.2. The highest BCUT2D eigenvalue weighted by atomic mass is 32.2. The second kappa shape index (κ2) is 10.2. The second-order valence-electron chi connectivity index (χ2n) is 6.74. The van der Waals surface area contributed by atoms with Gasteiger partial charge in [-0.15, -0.1) is 11.8 Å². The van der Waals surface area contributed by atoms with Gasteiger partial charge < -0.3 is 10.6 Å². The second-order valence-corrected chi connectivity index (χ2v) is 8.07. The Kier molecular flexibility index (Phi) is 7.92. The minimum absolute atomic E-state index is 0.0316. The van der Waals surface area contributed by atoms with Crippen LogP contribution in [-0.2, 0) is 10.5 Å². The van der Waals surface area contributed by atoms with Crippen molar-refractivity contribution in [3.8, 4) is 0 Å². The first-order valence-corrected chi connectivity index (χ1v) is 10.3. The zero-order chi connectivity index (χ0) is 19.8. The standard InChI is InChI=1S/C22H28N2O2S/c1-5-16(3)23-22(26)19-11-12-20(15(2)13-19)24-21(25)17(4)27-14-18-9-7-6-8-10-18/h6-13,16-17H,5,14H2,1-4H3,(H,23,26)(H,24,25)/t16-,17+/m0/s1. The first-order valence-electron chi connectivity index (χ1n) is 9.28. The molecule has 0 bridgehead atoms. The average Bonchev–Trinajstić information content (AvgIpc) is 2.68. The Hall–Kier alpha value is -2.27. The molecule has 0 radical (unpaired) electrons. The molecule has 0 fully saturated rings. The van der Waals surface area contributed by atoms with Crippen molar-refractivity contribution in [2.75, 3.05) is 5.32 Å². The normalized spacial score (nSPS) is 12.9. The van der Waals surface area contributed by atoms with Crippen LogP contribution >= 0.6 is 11.8 Å². The van der Waals surface area contributed by atoms with Gasteiger partial charge in [0.2, 0.25) is 5.91 Å². The summed E-state index contributed by atoms with van der Waals surface area (Å²) in [6, 6.07) is 15.6. The number of benzene rings is 2. The molecule has 0 saturated heterocycles. The van der Waals surface area contributed by atoms with Gasteiger partial charge in [-0.2, -0.15) is 0 Å². The highest BCUT2D eigenvalue weighted by Crippen LogP contribution is 2.21. The Morgan fingerprint density at radius 2 is 1.78 bits per heavy atom. The summed E-state index contributed by atoms with van der Waals surface area (Å²) in [5.41, 5.74) is 3.43. The molecule has 5 heteroatoms. The van der Waals surface area contributed by atoms with Crippen LogP contribution in [0.15, 0.2) is 48.5 Å². The van der Waals surface area contributed by atoms with Gasteiger partial charge in [-0.3, -0.25) is 9.59 Å². The predicted octanol–water partition coefficient (Wildman–Crippen LogP) is 4.78. The lowest BCUT2D eigenvalue weighted by Crippen LogP contribution is -2.32. The summed E-state index contributed by atoms with van der Waals surface area (Å²) >= 11 is 1.60. The van der Waals surface area contributed by atoms with E-state index in [0.717, 1.165) is 23.4 Å². The molecule has 2 rings (SSSR count). The minimum Gasteiger partial charge on any atom is -0.350 e. The maximum atomic E-state index is 12.5. The quantitative estimate of drug-likeness (QED) is 0.688. The van der Waals surface area contributed by atoms with E-state index >= 15 is 0 Å². The molecule has 0 aromatic heterocycles. The van der Waals surface area contributed by atoms with E-state index in [9.17, 15) is 9.59 Å². The van der Waals surface area contributed by atoms with Crippen LogP contribution in [0.1, 0.15) is 48.7 Å². The van der Waals surface area contributed by atoms with Gasteiger partial charge in [0.05, 0.1) is 5.25 Å². The van der Waals surface area contributed by atoms with Crippen LogP contribution in [0, 0.1) is 6.92 Å². The number of amides is 2. The van der Waals surface area contributed by atoms with Crippen LogP contribution in [0.4, 0.5) is 5.69 Å². The zero-order valence-electron chi connectivity index (χ0n) is 16.4. The highest BCUT2D eigenvalue weighted by molar-refractivity contribution is 7.99. The maximum absolute atomic E-state index is 12.5. The lowest BCUT2D eigenvalue weighted by atomic mass is 10.1. The third-order valence-electron chi connectivity index (χ3n) is 4.45. The van der Waals surface area contributed by atoms with Crippen molar-refractivity contribution in [1.29, 1.82) is 0 Å². The van der Waals surface area contributed by atoms with Gasteiger partial charge in [-0.1, -0.05) is 37.3 Å². The largest absolute Gasteiger partial charge is 0.350 e. The van der Waals surface area contributed by atoms with E-state index in [2.05, 4.69) is 22.8 Å². The predicted molar refractivity (Wildman–Crippen MR) is 114 cm³/mol. The fourth-order valence-corrected chi connectivity index (χ4v) is 3.31. The molecule has 27 heavy (non-hydrogen) atoms. The van der Waals surface area contributed by atoms with Crippen molar-refractivity contribution in [2.24, 2.45) is 0 Å². The van der Waals surface area contributed by atoms with Gasteiger partial charge in [0.1, 0.15) is 0 Å². The summed E-state index contributed by atoms with van der Waals surface area (Å²) in [5.74, 6) is 0.677. The molecular formula is C22H28N2O2S. The highest BCUT2D eigenvalue weighted by Gasteiger charge is 2.16. The average molecular weight is 385 g/mol. The molecule has 0 heterocycles. The van der Waals surface area contributed by atoms with Crippen LogP contribution < -0.4 is 10.6 Å². The molecule has 0 aliphatic rings. The molecule has 2 amide bonds. The van der Waals surface area contributed by atoms with Crippen molar-refractivity contribution in [2.45, 2.75) is 51.2 Å². The number of nitrogens with one attached hydrogen (secondary N) is 2. The molecule has 2 atom stereocenters. The first-order chi connectivity index (χ1) is 12.9. The van der Waals surface area contributed by atoms with E-state index in [1.165, 1.54) is 5.56 Å². The summed E-state index contributed by atoms with van der Waals surface area (Å²) in [6.45, 7) is 7.82. The van der Waals surface area contributed by atoms with E-state index in [-0.39, 0.29) is 23.1 Å². The number of carbonyl (C=O) groups excluding carboxylic acids is 2. The third-order valence-corrected chi connectivity index (χ3v) is 5.66. The lowest BCUT2D eigenvalue weighted by molar-refractivity contribution is -0.115. The van der Waals surface area contributed by atoms with Gasteiger partial charge in [0.25, 0.3) is 5.91 Å². The first kappa shape index (κ1) is 21.0. The molecule has 2 aromatic rings. The van der Waals surface area contributed by atoms with Gasteiger partial charge >= 0.3 is 0 Å². The molecule has 0 spiro atoms. The smallest absolute Gasteiger partial charge is 0.251 e. The van der Waals surface area contributed by atoms with E-state index in [1.807, 2.05) is 52.0 Å². The van der Waals surface area contributed by atoms with Crippen molar-refractivity contribution < 1.29 is 9.59 Å². The summed E-state index contributed by atoms with van der Waals surface area (Å²) in [6.07, 6.45) is 0.886. The van der Waals surface area contributed by atoms with E-state index < -0.39 is 0 Å². The Morgan fingerprint density at radius 1 is 1.07 bits per heavy atom. The van der Waals surface area contributed by atoms with Crippen LogP contribution in [0.5, 0.6) is 0 Å². The number of anilines is 1. The number of aryl methyl sites for hydroxylation is 1. The molecule has 2 N–H and O–H groups in total. The summed E-state index contributed by atoms with van der Waals surface area (Å²) < 4.78 is 0. The number of carbonyl (C=O) groups is 2. The summed E-state index contributed by atoms with van der Waals surface area (Å²) in [4.78, 5) is 24.7. The van der Waals surface area contributed by atoms with E-state index in [4.69, 9.17) is 0 Å². The monoisotopic (exact) mass is 384 g/mol. The fourth-order valence-electron chi connectivity index (χ4n) is 2.46. The minimum atomic E-state index is -0.169. The van der Waals surface area contributed by atoms with Crippen molar-refractivity contribution in [1.82, 2.24) is 5.32 Å². The van der Waals surface area contributed by atoms with Crippen LogP contribution in [0.2, 0.25) is 0 Å².